The quantitative estimate of drug-likeness (QED) is 0.543. The molecule has 0 saturated heterocycles. The highest BCUT2D eigenvalue weighted by atomic mass is 16.3. The molecule has 0 spiro atoms. The highest BCUT2D eigenvalue weighted by Gasteiger charge is 1.89. The SMILES string of the molecule is C[C@@H](O)C#Cc1cc(N)ccn1. The van der Waals surface area contributed by atoms with Gasteiger partial charge in [0.05, 0.1) is 0 Å². The largest absolute Gasteiger partial charge is 0.399 e. The van der Waals surface area contributed by atoms with E-state index in [-0.39, 0.29) is 0 Å². The van der Waals surface area contributed by atoms with Gasteiger partial charge in [-0.15, -0.1) is 0 Å². The molecule has 1 heterocycles. The van der Waals surface area contributed by atoms with Gasteiger partial charge in [-0.05, 0) is 25.0 Å². The topological polar surface area (TPSA) is 59.1 Å². The van der Waals surface area contributed by atoms with E-state index in [1.54, 1.807) is 25.3 Å². The molecule has 1 rings (SSSR count). The summed E-state index contributed by atoms with van der Waals surface area (Å²) < 4.78 is 0. The zero-order valence-electron chi connectivity index (χ0n) is 6.78. The summed E-state index contributed by atoms with van der Waals surface area (Å²) in [5.74, 6) is 5.27. The van der Waals surface area contributed by atoms with Gasteiger partial charge in [-0.2, -0.15) is 0 Å². The monoisotopic (exact) mass is 162 g/mol. The molecule has 0 aliphatic heterocycles. The van der Waals surface area contributed by atoms with Crippen molar-refractivity contribution in [3.8, 4) is 11.8 Å². The normalized spacial score (nSPS) is 11.5. The van der Waals surface area contributed by atoms with Crippen molar-refractivity contribution in [2.24, 2.45) is 0 Å². The lowest BCUT2D eigenvalue weighted by molar-refractivity contribution is 0.253. The fourth-order valence-electron chi connectivity index (χ4n) is 0.694. The number of nitrogens with two attached hydrogens (primary N) is 1. The molecular formula is C9H10N2O. The number of nitrogen functional groups attached to an aromatic ring is 1. The van der Waals surface area contributed by atoms with Crippen LogP contribution in [0.25, 0.3) is 0 Å². The summed E-state index contributed by atoms with van der Waals surface area (Å²) in [7, 11) is 0. The van der Waals surface area contributed by atoms with Crippen LogP contribution in [-0.2, 0) is 0 Å². The molecule has 0 unspecified atom stereocenters. The number of anilines is 1. The van der Waals surface area contributed by atoms with Gasteiger partial charge in [0.25, 0.3) is 0 Å². The first-order chi connectivity index (χ1) is 5.68. The van der Waals surface area contributed by atoms with Crippen LogP contribution in [0.2, 0.25) is 0 Å². The molecule has 62 valence electrons. The summed E-state index contributed by atoms with van der Waals surface area (Å²) in [5, 5.41) is 8.85. The number of hydrogen-bond donors (Lipinski definition) is 2. The van der Waals surface area contributed by atoms with Gasteiger partial charge in [0, 0.05) is 11.9 Å². The fraction of sp³-hybridized carbons (Fsp3) is 0.222. The fourth-order valence-corrected chi connectivity index (χ4v) is 0.694. The number of aliphatic hydroxyl groups excluding tert-OH is 1. The average molecular weight is 162 g/mol. The second kappa shape index (κ2) is 3.74. The van der Waals surface area contributed by atoms with Gasteiger partial charge in [-0.1, -0.05) is 5.92 Å². The van der Waals surface area contributed by atoms with E-state index in [9.17, 15) is 0 Å². The number of pyridine rings is 1. The van der Waals surface area contributed by atoms with Crippen LogP contribution < -0.4 is 5.73 Å². The molecule has 1 atom stereocenters. The Bertz CT molecular complexity index is 323. The Balaban J connectivity index is 2.85. The molecule has 3 N–H and O–H groups in total. The lowest BCUT2D eigenvalue weighted by atomic mass is 10.3. The minimum atomic E-state index is -0.631. The van der Waals surface area contributed by atoms with E-state index >= 15 is 0 Å². The molecule has 0 amide bonds. The lowest BCUT2D eigenvalue weighted by Gasteiger charge is -1.92. The summed E-state index contributed by atoms with van der Waals surface area (Å²) >= 11 is 0. The summed E-state index contributed by atoms with van der Waals surface area (Å²) in [6, 6.07) is 3.35. The molecule has 0 fully saturated rings. The van der Waals surface area contributed by atoms with E-state index in [4.69, 9.17) is 10.8 Å². The van der Waals surface area contributed by atoms with Crippen LogP contribution in [0.1, 0.15) is 12.6 Å². The van der Waals surface area contributed by atoms with Gasteiger partial charge >= 0.3 is 0 Å². The van der Waals surface area contributed by atoms with Gasteiger partial charge in [0.2, 0.25) is 0 Å². The van der Waals surface area contributed by atoms with E-state index in [1.807, 2.05) is 0 Å². The first-order valence-corrected chi connectivity index (χ1v) is 3.59. The molecule has 12 heavy (non-hydrogen) atoms. The summed E-state index contributed by atoms with van der Waals surface area (Å²) in [4.78, 5) is 3.95. The van der Waals surface area contributed by atoms with Crippen molar-refractivity contribution in [3.63, 3.8) is 0 Å². The highest BCUT2D eigenvalue weighted by Crippen LogP contribution is 2.00. The zero-order valence-corrected chi connectivity index (χ0v) is 6.78. The minimum Gasteiger partial charge on any atom is -0.399 e. The molecule has 3 heteroatoms. The first-order valence-electron chi connectivity index (χ1n) is 3.59. The number of aromatic nitrogens is 1. The molecule has 0 aliphatic rings. The minimum absolute atomic E-state index is 0.580. The Morgan fingerprint density at radius 3 is 3.00 bits per heavy atom. The third-order valence-electron chi connectivity index (χ3n) is 1.19. The third-order valence-corrected chi connectivity index (χ3v) is 1.19. The molecule has 0 aromatic carbocycles. The van der Waals surface area contributed by atoms with Gasteiger partial charge < -0.3 is 10.8 Å². The standard InChI is InChI=1S/C9H10N2O/c1-7(12)2-3-9-6-8(10)4-5-11-9/h4-7,12H,1H3,(H2,10,11)/t7-/m1/s1. The number of nitrogens with zero attached hydrogens (tertiary/aromatic N) is 1. The van der Waals surface area contributed by atoms with Crippen molar-refractivity contribution in [3.05, 3.63) is 24.0 Å². The number of aliphatic hydroxyl groups is 1. The van der Waals surface area contributed by atoms with Crippen LogP contribution in [0.4, 0.5) is 5.69 Å². The van der Waals surface area contributed by atoms with Crippen molar-refractivity contribution in [1.82, 2.24) is 4.98 Å². The second-order valence-corrected chi connectivity index (χ2v) is 2.42. The maximum absolute atomic E-state index is 8.85. The number of hydrogen-bond acceptors (Lipinski definition) is 3. The maximum Gasteiger partial charge on any atom is 0.115 e. The predicted molar refractivity (Wildman–Crippen MR) is 47.2 cm³/mol. The molecule has 1 aromatic heterocycles. The van der Waals surface area contributed by atoms with Crippen molar-refractivity contribution in [2.75, 3.05) is 5.73 Å². The Morgan fingerprint density at radius 1 is 1.67 bits per heavy atom. The van der Waals surface area contributed by atoms with Crippen LogP contribution in [0.3, 0.4) is 0 Å². The number of rotatable bonds is 0. The Labute approximate surface area is 71.2 Å². The predicted octanol–water partition coefficient (Wildman–Crippen LogP) is 0.396. The Hall–Kier alpha value is -1.53. The molecule has 1 aromatic rings. The molecule has 0 radical (unpaired) electrons. The molecule has 0 saturated carbocycles. The third kappa shape index (κ3) is 2.60. The van der Waals surface area contributed by atoms with Crippen molar-refractivity contribution < 1.29 is 5.11 Å². The van der Waals surface area contributed by atoms with E-state index < -0.39 is 6.10 Å². The van der Waals surface area contributed by atoms with Gasteiger partial charge in [-0.3, -0.25) is 0 Å². The van der Waals surface area contributed by atoms with Crippen molar-refractivity contribution in [1.29, 1.82) is 0 Å². The van der Waals surface area contributed by atoms with Gasteiger partial charge in [-0.25, -0.2) is 4.98 Å². The zero-order chi connectivity index (χ0) is 8.97. The van der Waals surface area contributed by atoms with Crippen LogP contribution in [-0.4, -0.2) is 16.2 Å². The summed E-state index contributed by atoms with van der Waals surface area (Å²) in [6.07, 6.45) is 0.953. The van der Waals surface area contributed by atoms with Crippen molar-refractivity contribution in [2.45, 2.75) is 13.0 Å². The van der Waals surface area contributed by atoms with Crippen molar-refractivity contribution >= 4 is 5.69 Å². The van der Waals surface area contributed by atoms with Crippen LogP contribution >= 0.6 is 0 Å². The van der Waals surface area contributed by atoms with Crippen LogP contribution in [0.5, 0.6) is 0 Å². The van der Waals surface area contributed by atoms with Gasteiger partial charge in [0.1, 0.15) is 11.8 Å². The molecule has 3 nitrogen and oxygen atoms in total. The summed E-state index contributed by atoms with van der Waals surface area (Å²) in [6.45, 7) is 1.60. The van der Waals surface area contributed by atoms with Crippen LogP contribution in [0.15, 0.2) is 18.3 Å². The van der Waals surface area contributed by atoms with E-state index in [2.05, 4.69) is 16.8 Å². The van der Waals surface area contributed by atoms with E-state index in [0.717, 1.165) is 0 Å². The Morgan fingerprint density at radius 2 is 2.42 bits per heavy atom. The van der Waals surface area contributed by atoms with E-state index in [0.29, 0.717) is 11.4 Å². The average Bonchev–Trinajstić information content (AvgIpc) is 2.01. The molecular weight excluding hydrogens is 152 g/mol. The second-order valence-electron chi connectivity index (χ2n) is 2.42. The molecule has 0 bridgehead atoms. The van der Waals surface area contributed by atoms with E-state index in [1.165, 1.54) is 0 Å². The van der Waals surface area contributed by atoms with Gasteiger partial charge in [0.15, 0.2) is 0 Å². The summed E-state index contributed by atoms with van der Waals surface area (Å²) in [5.41, 5.74) is 6.70. The first kappa shape index (κ1) is 8.57. The maximum atomic E-state index is 8.85. The highest BCUT2D eigenvalue weighted by molar-refractivity contribution is 5.42. The molecule has 0 aliphatic carbocycles. The Kier molecular flexibility index (Phi) is 2.67. The smallest absolute Gasteiger partial charge is 0.115 e. The lowest BCUT2D eigenvalue weighted by Crippen LogP contribution is -1.94. The van der Waals surface area contributed by atoms with Crippen LogP contribution in [0, 0.1) is 11.8 Å².